The summed E-state index contributed by atoms with van der Waals surface area (Å²) >= 11 is 1.39. The van der Waals surface area contributed by atoms with E-state index in [1.165, 1.54) is 23.9 Å². The second-order valence-electron chi connectivity index (χ2n) is 4.63. The lowest BCUT2D eigenvalue weighted by molar-refractivity contribution is 0.322. The Morgan fingerprint density at radius 1 is 1.29 bits per heavy atom. The molecule has 21 heavy (non-hydrogen) atoms. The first-order valence-electron chi connectivity index (χ1n) is 6.54. The number of fused-ring (bicyclic) bond motifs is 1. The molecule has 0 fully saturated rings. The van der Waals surface area contributed by atoms with Crippen LogP contribution in [0, 0.1) is 12.7 Å². The molecule has 0 saturated heterocycles. The van der Waals surface area contributed by atoms with Gasteiger partial charge in [0.2, 0.25) is 0 Å². The number of aromatic amines is 1. The van der Waals surface area contributed by atoms with E-state index < -0.39 is 0 Å². The third kappa shape index (κ3) is 2.77. The van der Waals surface area contributed by atoms with Gasteiger partial charge in [0.05, 0.1) is 12.3 Å². The van der Waals surface area contributed by atoms with E-state index in [-0.39, 0.29) is 12.4 Å². The van der Waals surface area contributed by atoms with Crippen molar-refractivity contribution in [1.29, 1.82) is 0 Å². The van der Waals surface area contributed by atoms with Crippen LogP contribution in [0.2, 0.25) is 0 Å². The van der Waals surface area contributed by atoms with E-state index in [2.05, 4.69) is 15.0 Å². The summed E-state index contributed by atoms with van der Waals surface area (Å²) in [5, 5.41) is 10.4. The molecule has 3 rings (SSSR count). The summed E-state index contributed by atoms with van der Waals surface area (Å²) in [6, 6.07) is 6.58. The zero-order chi connectivity index (χ0) is 14.8. The lowest BCUT2D eigenvalue weighted by Crippen LogP contribution is -1.96. The first-order valence-corrected chi connectivity index (χ1v) is 7.53. The van der Waals surface area contributed by atoms with Crippen LogP contribution in [-0.2, 0) is 0 Å². The van der Waals surface area contributed by atoms with Gasteiger partial charge in [-0.1, -0.05) is 11.8 Å². The minimum absolute atomic E-state index is 0.0711. The minimum Gasteiger partial charge on any atom is -0.396 e. The Labute approximate surface area is 125 Å². The van der Waals surface area contributed by atoms with Crippen molar-refractivity contribution in [3.05, 3.63) is 41.8 Å². The average Bonchev–Trinajstić information content (AvgIpc) is 2.93. The number of halogens is 1. The Hall–Kier alpha value is -1.92. The lowest BCUT2D eigenvalue weighted by Gasteiger charge is -2.08. The monoisotopic (exact) mass is 303 g/mol. The molecule has 0 amide bonds. The number of hydrogen-bond donors (Lipinski definition) is 2. The molecule has 1 aromatic carbocycles. The zero-order valence-electron chi connectivity index (χ0n) is 11.4. The molecule has 0 radical (unpaired) electrons. The van der Waals surface area contributed by atoms with Gasteiger partial charge in [-0.05, 0) is 36.8 Å². The normalized spacial score (nSPS) is 11.2. The summed E-state index contributed by atoms with van der Waals surface area (Å²) in [6.07, 6.45) is 1.81. The summed E-state index contributed by atoms with van der Waals surface area (Å²) in [6.45, 7) is 1.93. The van der Waals surface area contributed by atoms with Crippen molar-refractivity contribution in [1.82, 2.24) is 15.0 Å². The van der Waals surface area contributed by atoms with Crippen LogP contribution in [-0.4, -0.2) is 32.4 Å². The van der Waals surface area contributed by atoms with Gasteiger partial charge in [0.1, 0.15) is 11.5 Å². The van der Waals surface area contributed by atoms with Crippen LogP contribution in [0.15, 0.2) is 35.6 Å². The molecule has 6 heteroatoms. The second kappa shape index (κ2) is 5.83. The molecule has 0 bridgehead atoms. The van der Waals surface area contributed by atoms with Crippen molar-refractivity contribution in [3.63, 3.8) is 0 Å². The largest absolute Gasteiger partial charge is 0.396 e. The van der Waals surface area contributed by atoms with Crippen molar-refractivity contribution in [3.8, 4) is 11.3 Å². The van der Waals surface area contributed by atoms with Crippen LogP contribution in [0.1, 0.15) is 5.56 Å². The maximum Gasteiger partial charge on any atom is 0.190 e. The Bertz CT molecular complexity index is 788. The molecule has 108 valence electrons. The van der Waals surface area contributed by atoms with Gasteiger partial charge in [0.15, 0.2) is 5.16 Å². The summed E-state index contributed by atoms with van der Waals surface area (Å²) in [7, 11) is 0. The third-order valence-electron chi connectivity index (χ3n) is 3.16. The van der Waals surface area contributed by atoms with E-state index in [1.807, 2.05) is 19.2 Å². The first-order chi connectivity index (χ1) is 10.2. The summed E-state index contributed by atoms with van der Waals surface area (Å²) in [4.78, 5) is 12.1. The smallest absolute Gasteiger partial charge is 0.190 e. The number of aliphatic hydroxyl groups is 1. The number of nitrogens with one attached hydrogen (secondary N) is 1. The van der Waals surface area contributed by atoms with E-state index in [1.54, 1.807) is 6.07 Å². The molecule has 2 aromatic heterocycles. The van der Waals surface area contributed by atoms with Gasteiger partial charge in [-0.3, -0.25) is 0 Å². The van der Waals surface area contributed by atoms with Crippen molar-refractivity contribution >= 4 is 22.8 Å². The van der Waals surface area contributed by atoms with Crippen LogP contribution in [0.25, 0.3) is 22.3 Å². The third-order valence-corrected chi connectivity index (χ3v) is 3.99. The van der Waals surface area contributed by atoms with Gasteiger partial charge >= 0.3 is 0 Å². The number of aryl methyl sites for hydroxylation is 1. The number of hydrogen-bond acceptors (Lipinski definition) is 4. The lowest BCUT2D eigenvalue weighted by atomic mass is 10.0. The second-order valence-corrected chi connectivity index (χ2v) is 5.69. The predicted octanol–water partition coefficient (Wildman–Crippen LogP) is 3.16. The summed E-state index contributed by atoms with van der Waals surface area (Å²) in [5.41, 5.74) is 3.23. The maximum absolute atomic E-state index is 13.3. The van der Waals surface area contributed by atoms with Crippen LogP contribution in [0.3, 0.4) is 0 Å². The highest BCUT2D eigenvalue weighted by Gasteiger charge is 2.13. The van der Waals surface area contributed by atoms with E-state index in [4.69, 9.17) is 5.11 Å². The molecule has 0 unspecified atom stereocenters. The molecule has 0 aliphatic carbocycles. The van der Waals surface area contributed by atoms with Gasteiger partial charge in [-0.2, -0.15) is 0 Å². The molecule has 0 aliphatic heterocycles. The van der Waals surface area contributed by atoms with Crippen LogP contribution in [0.4, 0.5) is 4.39 Å². The van der Waals surface area contributed by atoms with Gasteiger partial charge < -0.3 is 10.1 Å². The van der Waals surface area contributed by atoms with Crippen molar-refractivity contribution in [2.75, 3.05) is 12.4 Å². The fourth-order valence-electron chi connectivity index (χ4n) is 2.22. The van der Waals surface area contributed by atoms with Crippen LogP contribution in [0.5, 0.6) is 0 Å². The predicted molar refractivity (Wildman–Crippen MR) is 81.8 cm³/mol. The van der Waals surface area contributed by atoms with E-state index >= 15 is 0 Å². The van der Waals surface area contributed by atoms with E-state index in [0.29, 0.717) is 10.9 Å². The number of thioether (sulfide) groups is 1. The molecular formula is C15H14FN3OS. The maximum atomic E-state index is 13.3. The van der Waals surface area contributed by atoms with Crippen molar-refractivity contribution in [2.24, 2.45) is 0 Å². The molecule has 2 heterocycles. The molecule has 0 spiro atoms. The number of aromatic nitrogens is 3. The van der Waals surface area contributed by atoms with Gasteiger partial charge in [0, 0.05) is 22.9 Å². The number of rotatable bonds is 4. The Balaban J connectivity index is 2.17. The Morgan fingerprint density at radius 2 is 2.14 bits per heavy atom. The SMILES string of the molecule is Cc1cc(F)ccc1-c1nc(SCCO)nc2[nH]ccc12. The molecule has 0 saturated carbocycles. The highest BCUT2D eigenvalue weighted by Crippen LogP contribution is 2.30. The van der Waals surface area contributed by atoms with E-state index in [9.17, 15) is 4.39 Å². The number of aliphatic hydroxyl groups excluding tert-OH is 1. The van der Waals surface area contributed by atoms with Gasteiger partial charge in [-0.15, -0.1) is 0 Å². The molecule has 2 N–H and O–H groups in total. The standard InChI is InChI=1S/C15H14FN3OS/c1-9-8-10(16)2-3-11(9)13-12-4-5-17-14(12)19-15(18-13)21-7-6-20/h2-5,8,20H,6-7H2,1H3,(H,17,18,19). The average molecular weight is 303 g/mol. The molecule has 0 aliphatic rings. The molecule has 3 aromatic rings. The molecular weight excluding hydrogens is 289 g/mol. The van der Waals surface area contributed by atoms with Gasteiger partial charge in [-0.25, -0.2) is 14.4 Å². The minimum atomic E-state index is -0.259. The Morgan fingerprint density at radius 3 is 2.90 bits per heavy atom. The molecule has 0 atom stereocenters. The zero-order valence-corrected chi connectivity index (χ0v) is 12.2. The number of benzene rings is 1. The number of nitrogens with zero attached hydrogens (tertiary/aromatic N) is 2. The fourth-order valence-corrected chi connectivity index (χ4v) is 2.81. The number of H-pyrrole nitrogens is 1. The topological polar surface area (TPSA) is 61.8 Å². The summed E-state index contributed by atoms with van der Waals surface area (Å²) in [5.74, 6) is 0.277. The quantitative estimate of drug-likeness (QED) is 0.574. The first kappa shape index (κ1) is 14.0. The van der Waals surface area contributed by atoms with E-state index in [0.717, 1.165) is 27.9 Å². The molecule has 4 nitrogen and oxygen atoms in total. The highest BCUT2D eigenvalue weighted by molar-refractivity contribution is 7.99. The van der Waals surface area contributed by atoms with Crippen molar-refractivity contribution in [2.45, 2.75) is 12.1 Å². The van der Waals surface area contributed by atoms with Crippen molar-refractivity contribution < 1.29 is 9.50 Å². The fraction of sp³-hybridized carbons (Fsp3) is 0.200. The highest BCUT2D eigenvalue weighted by atomic mass is 32.2. The van der Waals surface area contributed by atoms with Crippen LogP contribution < -0.4 is 0 Å². The van der Waals surface area contributed by atoms with Gasteiger partial charge in [0.25, 0.3) is 0 Å². The Kier molecular flexibility index (Phi) is 3.90. The van der Waals surface area contributed by atoms with Crippen LogP contribution >= 0.6 is 11.8 Å². The summed E-state index contributed by atoms with van der Waals surface area (Å²) < 4.78 is 13.3.